The third-order valence-corrected chi connectivity index (χ3v) is 4.78. The first-order chi connectivity index (χ1) is 13.9. The molecular formula is C23H22ClFN2O2. The molecule has 0 saturated heterocycles. The van der Waals surface area contributed by atoms with Gasteiger partial charge in [-0.1, -0.05) is 23.7 Å². The Hall–Kier alpha value is -3.05. The van der Waals surface area contributed by atoms with Crippen LogP contribution in [0, 0.1) is 19.7 Å². The summed E-state index contributed by atoms with van der Waals surface area (Å²) in [5, 5.41) is 6.43. The molecule has 2 N–H and O–H groups in total. The van der Waals surface area contributed by atoms with E-state index in [1.54, 1.807) is 6.07 Å². The molecule has 150 valence electrons. The van der Waals surface area contributed by atoms with Crippen molar-refractivity contribution in [3.63, 3.8) is 0 Å². The SMILES string of the molecule is Cc1ccc(NCc2ccc(OCC(=O)Nc3ccc(F)cc3)c(Cl)c2)cc1C. The lowest BCUT2D eigenvalue weighted by Gasteiger charge is -2.12. The summed E-state index contributed by atoms with van der Waals surface area (Å²) in [4.78, 5) is 12.0. The maximum absolute atomic E-state index is 12.9. The number of hydrogen-bond donors (Lipinski definition) is 2. The lowest BCUT2D eigenvalue weighted by atomic mass is 10.1. The van der Waals surface area contributed by atoms with Gasteiger partial charge in [0.15, 0.2) is 6.61 Å². The van der Waals surface area contributed by atoms with Crippen LogP contribution in [0.2, 0.25) is 5.02 Å². The standard InChI is InChI=1S/C23H22ClFN2O2/c1-15-3-7-20(11-16(15)2)26-13-17-4-10-22(21(24)12-17)29-14-23(28)27-19-8-5-18(25)6-9-19/h3-12,26H,13-14H2,1-2H3,(H,27,28). The molecule has 0 heterocycles. The summed E-state index contributed by atoms with van der Waals surface area (Å²) in [5.74, 6) is -0.290. The zero-order valence-corrected chi connectivity index (χ0v) is 17.0. The molecule has 6 heteroatoms. The Bertz CT molecular complexity index is 1010. The molecule has 0 aliphatic carbocycles. The van der Waals surface area contributed by atoms with E-state index in [-0.39, 0.29) is 18.3 Å². The van der Waals surface area contributed by atoms with Crippen LogP contribution in [0.1, 0.15) is 16.7 Å². The maximum atomic E-state index is 12.9. The lowest BCUT2D eigenvalue weighted by Crippen LogP contribution is -2.20. The molecule has 1 amide bonds. The van der Waals surface area contributed by atoms with Crippen LogP contribution < -0.4 is 15.4 Å². The van der Waals surface area contributed by atoms with Crippen molar-refractivity contribution in [1.29, 1.82) is 0 Å². The van der Waals surface area contributed by atoms with E-state index in [0.29, 0.717) is 23.0 Å². The second-order valence-electron chi connectivity index (χ2n) is 6.76. The number of amides is 1. The largest absolute Gasteiger partial charge is 0.482 e. The van der Waals surface area contributed by atoms with E-state index in [4.69, 9.17) is 16.3 Å². The molecule has 0 aromatic heterocycles. The minimum absolute atomic E-state index is 0.197. The van der Waals surface area contributed by atoms with Crippen molar-refractivity contribution in [2.75, 3.05) is 17.2 Å². The van der Waals surface area contributed by atoms with Crippen LogP contribution in [-0.4, -0.2) is 12.5 Å². The number of carbonyl (C=O) groups excluding carboxylic acids is 1. The summed E-state index contributed by atoms with van der Waals surface area (Å²) in [6.07, 6.45) is 0. The molecule has 0 bridgehead atoms. The third kappa shape index (κ3) is 5.96. The summed E-state index contributed by atoms with van der Waals surface area (Å²) in [5.41, 5.74) is 5.02. The van der Waals surface area contributed by atoms with Crippen molar-refractivity contribution in [1.82, 2.24) is 0 Å². The van der Waals surface area contributed by atoms with Crippen LogP contribution in [0.15, 0.2) is 60.7 Å². The number of rotatable bonds is 7. The highest BCUT2D eigenvalue weighted by Gasteiger charge is 2.08. The van der Waals surface area contributed by atoms with Gasteiger partial charge in [-0.25, -0.2) is 4.39 Å². The van der Waals surface area contributed by atoms with Gasteiger partial charge in [0.1, 0.15) is 11.6 Å². The fraction of sp³-hybridized carbons (Fsp3) is 0.174. The summed E-state index contributed by atoms with van der Waals surface area (Å²) in [6, 6.07) is 17.2. The van der Waals surface area contributed by atoms with Gasteiger partial charge in [0.2, 0.25) is 0 Å². The second-order valence-corrected chi connectivity index (χ2v) is 7.17. The number of nitrogens with one attached hydrogen (secondary N) is 2. The van der Waals surface area contributed by atoms with E-state index in [0.717, 1.165) is 11.3 Å². The van der Waals surface area contributed by atoms with Crippen molar-refractivity contribution in [3.8, 4) is 5.75 Å². The van der Waals surface area contributed by atoms with Crippen LogP contribution in [-0.2, 0) is 11.3 Å². The summed E-state index contributed by atoms with van der Waals surface area (Å²) in [6.45, 7) is 4.58. The van der Waals surface area contributed by atoms with Crippen molar-refractivity contribution < 1.29 is 13.9 Å². The molecule has 3 aromatic carbocycles. The molecule has 0 saturated carbocycles. The molecule has 0 aliphatic heterocycles. The number of anilines is 2. The van der Waals surface area contributed by atoms with Gasteiger partial charge >= 0.3 is 0 Å². The Morgan fingerprint density at radius 3 is 2.38 bits per heavy atom. The molecule has 29 heavy (non-hydrogen) atoms. The normalized spacial score (nSPS) is 10.5. The number of ether oxygens (including phenoxy) is 1. The average Bonchev–Trinajstić information content (AvgIpc) is 2.70. The van der Waals surface area contributed by atoms with E-state index in [1.807, 2.05) is 18.2 Å². The highest BCUT2D eigenvalue weighted by Crippen LogP contribution is 2.26. The quantitative estimate of drug-likeness (QED) is 0.521. The molecule has 4 nitrogen and oxygen atoms in total. The molecule has 0 spiro atoms. The van der Waals surface area contributed by atoms with Gasteiger partial charge in [0.25, 0.3) is 5.91 Å². The van der Waals surface area contributed by atoms with Gasteiger partial charge in [0.05, 0.1) is 5.02 Å². The fourth-order valence-corrected chi connectivity index (χ4v) is 2.96. The average molecular weight is 413 g/mol. The van der Waals surface area contributed by atoms with E-state index in [2.05, 4.69) is 36.6 Å². The van der Waals surface area contributed by atoms with Gasteiger partial charge in [0, 0.05) is 17.9 Å². The zero-order valence-electron chi connectivity index (χ0n) is 16.3. The fourth-order valence-electron chi connectivity index (χ4n) is 2.70. The molecule has 0 unspecified atom stereocenters. The first-order valence-electron chi connectivity index (χ1n) is 9.18. The van der Waals surface area contributed by atoms with E-state index < -0.39 is 0 Å². The molecule has 0 atom stereocenters. The molecular weight excluding hydrogens is 391 g/mol. The molecule has 3 rings (SSSR count). The molecule has 0 fully saturated rings. The van der Waals surface area contributed by atoms with Crippen molar-refractivity contribution >= 4 is 28.9 Å². The minimum atomic E-state index is -0.363. The van der Waals surface area contributed by atoms with E-state index in [9.17, 15) is 9.18 Å². The first kappa shape index (κ1) is 20.7. The second kappa shape index (κ2) is 9.43. The minimum Gasteiger partial charge on any atom is -0.482 e. The van der Waals surface area contributed by atoms with Crippen LogP contribution in [0.25, 0.3) is 0 Å². The topological polar surface area (TPSA) is 50.4 Å². The number of benzene rings is 3. The number of aryl methyl sites for hydroxylation is 2. The smallest absolute Gasteiger partial charge is 0.262 e. The highest BCUT2D eigenvalue weighted by molar-refractivity contribution is 6.32. The molecule has 0 radical (unpaired) electrons. The third-order valence-electron chi connectivity index (χ3n) is 4.49. The van der Waals surface area contributed by atoms with E-state index in [1.165, 1.54) is 35.4 Å². The number of carbonyl (C=O) groups is 1. The van der Waals surface area contributed by atoms with E-state index >= 15 is 0 Å². The van der Waals surface area contributed by atoms with Gasteiger partial charge in [-0.2, -0.15) is 0 Å². The summed E-state index contributed by atoms with van der Waals surface area (Å²) < 4.78 is 18.4. The lowest BCUT2D eigenvalue weighted by molar-refractivity contribution is -0.118. The predicted molar refractivity (Wildman–Crippen MR) is 115 cm³/mol. The monoisotopic (exact) mass is 412 g/mol. The number of halogens is 2. The van der Waals surface area contributed by atoms with Crippen molar-refractivity contribution in [3.05, 3.63) is 88.2 Å². The van der Waals surface area contributed by atoms with Gasteiger partial charge in [-0.15, -0.1) is 0 Å². The molecule has 0 aliphatic rings. The van der Waals surface area contributed by atoms with Gasteiger partial charge < -0.3 is 15.4 Å². The van der Waals surface area contributed by atoms with Gasteiger partial charge in [-0.3, -0.25) is 4.79 Å². The van der Waals surface area contributed by atoms with Crippen LogP contribution in [0.4, 0.5) is 15.8 Å². The van der Waals surface area contributed by atoms with Crippen LogP contribution in [0.3, 0.4) is 0 Å². The zero-order chi connectivity index (χ0) is 20.8. The first-order valence-corrected chi connectivity index (χ1v) is 9.56. The highest BCUT2D eigenvalue weighted by atomic mass is 35.5. The Labute approximate surface area is 174 Å². The predicted octanol–water partition coefficient (Wildman–Crippen LogP) is 5.73. The Kier molecular flexibility index (Phi) is 6.73. The summed E-state index contributed by atoms with van der Waals surface area (Å²) in [7, 11) is 0. The maximum Gasteiger partial charge on any atom is 0.262 e. The van der Waals surface area contributed by atoms with Crippen molar-refractivity contribution in [2.24, 2.45) is 0 Å². The Morgan fingerprint density at radius 2 is 1.69 bits per heavy atom. The van der Waals surface area contributed by atoms with Crippen LogP contribution in [0.5, 0.6) is 5.75 Å². The number of hydrogen-bond acceptors (Lipinski definition) is 3. The Morgan fingerprint density at radius 1 is 0.966 bits per heavy atom. The molecule has 3 aromatic rings. The summed E-state index contributed by atoms with van der Waals surface area (Å²) >= 11 is 6.29. The van der Waals surface area contributed by atoms with Crippen molar-refractivity contribution in [2.45, 2.75) is 20.4 Å². The Balaban J connectivity index is 1.52. The van der Waals surface area contributed by atoms with Crippen LogP contribution >= 0.6 is 11.6 Å². The van der Waals surface area contributed by atoms with Gasteiger partial charge in [-0.05, 0) is 79.1 Å².